The van der Waals surface area contributed by atoms with E-state index in [2.05, 4.69) is 4.98 Å². The molecule has 2 aromatic rings. The van der Waals surface area contributed by atoms with Crippen molar-refractivity contribution in [2.75, 3.05) is 0 Å². The number of hydrogen-bond donors (Lipinski definition) is 1. The van der Waals surface area contributed by atoms with Gasteiger partial charge in [0.1, 0.15) is 15.0 Å². The van der Waals surface area contributed by atoms with Gasteiger partial charge in [0.15, 0.2) is 0 Å². The molecule has 5 heteroatoms. The second-order valence-corrected chi connectivity index (χ2v) is 4.85. The molecule has 1 aromatic heterocycles. The predicted octanol–water partition coefficient (Wildman–Crippen LogP) is 3.09. The molecule has 0 aliphatic carbocycles. The first kappa shape index (κ1) is 11.1. The van der Waals surface area contributed by atoms with E-state index in [0.717, 1.165) is 5.56 Å². The first-order valence-corrected chi connectivity index (χ1v) is 5.78. The molecular formula is C11H8ClNO2S. The molecule has 0 bridgehead atoms. The van der Waals surface area contributed by atoms with E-state index in [4.69, 9.17) is 16.7 Å². The summed E-state index contributed by atoms with van der Waals surface area (Å²) in [6.07, 6.45) is -0.0861. The first-order valence-electron chi connectivity index (χ1n) is 4.59. The molecule has 16 heavy (non-hydrogen) atoms. The third-order valence-electron chi connectivity index (χ3n) is 1.98. The number of halogens is 1. The van der Waals surface area contributed by atoms with Crippen LogP contribution in [-0.4, -0.2) is 16.1 Å². The highest BCUT2D eigenvalue weighted by atomic mass is 35.5. The minimum atomic E-state index is -0.898. The molecule has 0 unspecified atom stereocenters. The molecule has 0 aliphatic rings. The SMILES string of the molecule is O=C(O)Cc1nc(-c2ccccc2)c(Cl)s1. The maximum Gasteiger partial charge on any atom is 0.310 e. The van der Waals surface area contributed by atoms with Crippen LogP contribution in [-0.2, 0) is 11.2 Å². The molecular weight excluding hydrogens is 246 g/mol. The zero-order valence-corrected chi connectivity index (χ0v) is 9.76. The van der Waals surface area contributed by atoms with Crippen molar-refractivity contribution in [2.24, 2.45) is 0 Å². The number of aliphatic carboxylic acids is 1. The Labute approximate surface area is 101 Å². The highest BCUT2D eigenvalue weighted by Crippen LogP contribution is 2.32. The van der Waals surface area contributed by atoms with Crippen LogP contribution >= 0.6 is 22.9 Å². The van der Waals surface area contributed by atoms with Gasteiger partial charge in [-0.05, 0) is 0 Å². The van der Waals surface area contributed by atoms with Crippen LogP contribution in [0.2, 0.25) is 4.34 Å². The Morgan fingerprint density at radius 3 is 2.69 bits per heavy atom. The van der Waals surface area contributed by atoms with E-state index in [0.29, 0.717) is 15.0 Å². The second kappa shape index (κ2) is 4.63. The number of thiazole rings is 1. The lowest BCUT2D eigenvalue weighted by molar-refractivity contribution is -0.136. The van der Waals surface area contributed by atoms with Gasteiger partial charge in [-0.1, -0.05) is 41.9 Å². The maximum atomic E-state index is 10.5. The van der Waals surface area contributed by atoms with Crippen LogP contribution in [0.25, 0.3) is 11.3 Å². The average Bonchev–Trinajstić information content (AvgIpc) is 2.60. The van der Waals surface area contributed by atoms with Gasteiger partial charge < -0.3 is 5.11 Å². The molecule has 1 heterocycles. The number of rotatable bonds is 3. The summed E-state index contributed by atoms with van der Waals surface area (Å²) in [4.78, 5) is 14.8. The van der Waals surface area contributed by atoms with Crippen molar-refractivity contribution in [1.82, 2.24) is 4.98 Å². The zero-order chi connectivity index (χ0) is 11.5. The van der Waals surface area contributed by atoms with Crippen molar-refractivity contribution < 1.29 is 9.90 Å². The fourth-order valence-corrected chi connectivity index (χ4v) is 2.54. The fourth-order valence-electron chi connectivity index (χ4n) is 1.32. The normalized spacial score (nSPS) is 10.3. The molecule has 0 atom stereocenters. The number of nitrogens with zero attached hydrogens (tertiary/aromatic N) is 1. The molecule has 0 fully saturated rings. The molecule has 0 amide bonds. The summed E-state index contributed by atoms with van der Waals surface area (Å²) in [5, 5.41) is 9.19. The van der Waals surface area contributed by atoms with Gasteiger partial charge in [0.2, 0.25) is 0 Å². The Balaban J connectivity index is 2.36. The highest BCUT2D eigenvalue weighted by molar-refractivity contribution is 7.16. The van der Waals surface area contributed by atoms with E-state index in [1.807, 2.05) is 30.3 Å². The van der Waals surface area contributed by atoms with Gasteiger partial charge in [-0.15, -0.1) is 11.3 Å². The second-order valence-electron chi connectivity index (χ2n) is 3.17. The minimum absolute atomic E-state index is 0.0861. The maximum absolute atomic E-state index is 10.5. The van der Waals surface area contributed by atoms with Crippen molar-refractivity contribution in [1.29, 1.82) is 0 Å². The van der Waals surface area contributed by atoms with Gasteiger partial charge in [0.25, 0.3) is 0 Å². The van der Waals surface area contributed by atoms with E-state index in [1.165, 1.54) is 11.3 Å². The quantitative estimate of drug-likeness (QED) is 0.915. The Morgan fingerprint density at radius 1 is 1.38 bits per heavy atom. The van der Waals surface area contributed by atoms with E-state index in [-0.39, 0.29) is 6.42 Å². The van der Waals surface area contributed by atoms with Crippen molar-refractivity contribution in [3.63, 3.8) is 0 Å². The van der Waals surface area contributed by atoms with E-state index in [9.17, 15) is 4.79 Å². The molecule has 1 aromatic carbocycles. The first-order chi connectivity index (χ1) is 7.66. The van der Waals surface area contributed by atoms with Gasteiger partial charge in [-0.3, -0.25) is 4.79 Å². The summed E-state index contributed by atoms with van der Waals surface area (Å²) in [5.41, 5.74) is 1.56. The Hall–Kier alpha value is -1.39. The fraction of sp³-hybridized carbons (Fsp3) is 0.0909. The topological polar surface area (TPSA) is 50.2 Å². The number of carboxylic acids is 1. The van der Waals surface area contributed by atoms with Gasteiger partial charge in [-0.2, -0.15) is 0 Å². The molecule has 0 radical (unpaired) electrons. The lowest BCUT2D eigenvalue weighted by Gasteiger charge is -1.95. The van der Waals surface area contributed by atoms with Gasteiger partial charge in [0, 0.05) is 5.56 Å². The van der Waals surface area contributed by atoms with Crippen LogP contribution in [0.3, 0.4) is 0 Å². The van der Waals surface area contributed by atoms with Crippen LogP contribution in [0.1, 0.15) is 5.01 Å². The smallest absolute Gasteiger partial charge is 0.310 e. The number of benzene rings is 1. The summed E-state index contributed by atoms with van der Waals surface area (Å²) in [6, 6.07) is 9.47. The molecule has 2 rings (SSSR count). The Morgan fingerprint density at radius 2 is 2.06 bits per heavy atom. The summed E-state index contributed by atoms with van der Waals surface area (Å²) >= 11 is 7.24. The molecule has 0 aliphatic heterocycles. The third-order valence-corrected chi connectivity index (χ3v) is 3.23. The van der Waals surface area contributed by atoms with Crippen molar-refractivity contribution in [3.05, 3.63) is 39.7 Å². The minimum Gasteiger partial charge on any atom is -0.481 e. The van der Waals surface area contributed by atoms with E-state index in [1.54, 1.807) is 0 Å². The van der Waals surface area contributed by atoms with Crippen LogP contribution in [0.4, 0.5) is 0 Å². The third kappa shape index (κ3) is 2.40. The molecule has 1 N–H and O–H groups in total. The average molecular weight is 254 g/mol. The number of aromatic nitrogens is 1. The van der Waals surface area contributed by atoms with E-state index >= 15 is 0 Å². The number of carboxylic acid groups (broad SMARTS) is 1. The monoisotopic (exact) mass is 253 g/mol. The van der Waals surface area contributed by atoms with Crippen LogP contribution in [0.5, 0.6) is 0 Å². The Kier molecular flexibility index (Phi) is 3.22. The lowest BCUT2D eigenvalue weighted by Crippen LogP contribution is -1.99. The molecule has 0 saturated carbocycles. The lowest BCUT2D eigenvalue weighted by atomic mass is 10.2. The summed E-state index contributed by atoms with van der Waals surface area (Å²) < 4.78 is 0.530. The van der Waals surface area contributed by atoms with Crippen molar-refractivity contribution >= 4 is 28.9 Å². The number of carbonyl (C=O) groups is 1. The number of hydrogen-bond acceptors (Lipinski definition) is 3. The highest BCUT2D eigenvalue weighted by Gasteiger charge is 2.12. The molecule has 0 spiro atoms. The van der Waals surface area contributed by atoms with Crippen LogP contribution < -0.4 is 0 Å². The largest absolute Gasteiger partial charge is 0.481 e. The van der Waals surface area contributed by atoms with Crippen LogP contribution in [0, 0.1) is 0 Å². The van der Waals surface area contributed by atoms with Gasteiger partial charge >= 0.3 is 5.97 Å². The summed E-state index contributed by atoms with van der Waals surface area (Å²) in [7, 11) is 0. The predicted molar refractivity (Wildman–Crippen MR) is 63.9 cm³/mol. The summed E-state index contributed by atoms with van der Waals surface area (Å²) in [6.45, 7) is 0. The van der Waals surface area contributed by atoms with Gasteiger partial charge in [-0.25, -0.2) is 4.98 Å². The Bertz CT molecular complexity index is 510. The standard InChI is InChI=1S/C11H8ClNO2S/c12-11-10(7-4-2-1-3-5-7)13-8(16-11)6-9(14)15/h1-5H,6H2,(H,14,15). The van der Waals surface area contributed by atoms with E-state index < -0.39 is 5.97 Å². The molecule has 3 nitrogen and oxygen atoms in total. The van der Waals surface area contributed by atoms with Crippen LogP contribution in [0.15, 0.2) is 30.3 Å². The van der Waals surface area contributed by atoms with Gasteiger partial charge in [0.05, 0.1) is 6.42 Å². The zero-order valence-electron chi connectivity index (χ0n) is 8.18. The molecule has 82 valence electrons. The van der Waals surface area contributed by atoms with Crippen molar-refractivity contribution in [3.8, 4) is 11.3 Å². The van der Waals surface area contributed by atoms with Crippen molar-refractivity contribution in [2.45, 2.75) is 6.42 Å². The molecule has 0 saturated heterocycles. The summed E-state index contributed by atoms with van der Waals surface area (Å²) in [5.74, 6) is -0.898.